The topological polar surface area (TPSA) is 89.7 Å². The lowest BCUT2D eigenvalue weighted by molar-refractivity contribution is -0.119. The minimum Gasteiger partial charge on any atom is -0.292 e. The van der Waals surface area contributed by atoms with Crippen molar-refractivity contribution in [1.82, 2.24) is 30.2 Å². The first kappa shape index (κ1) is 32.9. The summed E-state index contributed by atoms with van der Waals surface area (Å²) in [5.74, 6) is 2.17. The normalized spacial score (nSPS) is 12.9. The van der Waals surface area contributed by atoms with Gasteiger partial charge >= 0.3 is 0 Å². The van der Waals surface area contributed by atoms with Crippen molar-refractivity contribution in [3.8, 4) is 22.5 Å². The van der Waals surface area contributed by atoms with Crippen molar-refractivity contribution >= 4 is 11.7 Å². The standard InChI is InChI=1S/C44H39N7O/c1-3-39-38-28-29-41(52)50(43(38)46-40(4-2)45-39)30-31-24-26-32(27-25-31)36-22-14-15-23-37(36)42-47-49-51(48-42)44(33-16-8-5-9-17-33,34-18-10-6-11-19-34)35-20-12-7-13-21-35/h5-27H,3-4,28-30H2,1-2H3. The third kappa shape index (κ3) is 5.86. The summed E-state index contributed by atoms with van der Waals surface area (Å²) in [4.78, 5) is 26.4. The van der Waals surface area contributed by atoms with Crippen molar-refractivity contribution in [1.29, 1.82) is 0 Å². The van der Waals surface area contributed by atoms with E-state index in [1.165, 1.54) is 0 Å². The lowest BCUT2D eigenvalue weighted by Crippen LogP contribution is -2.39. The van der Waals surface area contributed by atoms with E-state index >= 15 is 0 Å². The molecule has 0 atom stereocenters. The Morgan fingerprint density at radius 3 is 1.79 bits per heavy atom. The van der Waals surface area contributed by atoms with Gasteiger partial charge in [0, 0.05) is 29.7 Å². The van der Waals surface area contributed by atoms with Crippen LogP contribution in [0.5, 0.6) is 0 Å². The number of fused-ring (bicyclic) bond motifs is 1. The summed E-state index contributed by atoms with van der Waals surface area (Å²) >= 11 is 0. The zero-order valence-corrected chi connectivity index (χ0v) is 29.4. The number of benzene rings is 5. The molecule has 3 heterocycles. The summed E-state index contributed by atoms with van der Waals surface area (Å²) in [7, 11) is 0. The Labute approximate surface area is 303 Å². The smallest absolute Gasteiger partial charge is 0.228 e. The predicted octanol–water partition coefficient (Wildman–Crippen LogP) is 8.24. The highest BCUT2D eigenvalue weighted by molar-refractivity contribution is 5.95. The molecular formula is C44H39N7O. The van der Waals surface area contributed by atoms with Gasteiger partial charge in [0.2, 0.25) is 11.7 Å². The number of rotatable bonds is 10. The second-order valence-electron chi connectivity index (χ2n) is 13.0. The second-order valence-corrected chi connectivity index (χ2v) is 13.0. The molecule has 0 bridgehead atoms. The fourth-order valence-corrected chi connectivity index (χ4v) is 7.40. The third-order valence-corrected chi connectivity index (χ3v) is 9.98. The van der Waals surface area contributed by atoms with E-state index in [1.54, 1.807) is 4.80 Å². The zero-order valence-electron chi connectivity index (χ0n) is 29.4. The Morgan fingerprint density at radius 2 is 1.21 bits per heavy atom. The summed E-state index contributed by atoms with van der Waals surface area (Å²) in [6.45, 7) is 4.62. The summed E-state index contributed by atoms with van der Waals surface area (Å²) < 4.78 is 0. The van der Waals surface area contributed by atoms with Crippen LogP contribution >= 0.6 is 0 Å². The van der Waals surface area contributed by atoms with Crippen molar-refractivity contribution < 1.29 is 4.79 Å². The van der Waals surface area contributed by atoms with Crippen LogP contribution in [-0.4, -0.2) is 36.1 Å². The molecule has 52 heavy (non-hydrogen) atoms. The van der Waals surface area contributed by atoms with E-state index in [1.807, 2.05) is 77.7 Å². The van der Waals surface area contributed by atoms with Crippen molar-refractivity contribution in [2.24, 2.45) is 0 Å². The molecule has 1 amide bonds. The maximum Gasteiger partial charge on any atom is 0.228 e. The van der Waals surface area contributed by atoms with Crippen molar-refractivity contribution in [2.45, 2.75) is 51.6 Å². The van der Waals surface area contributed by atoms with E-state index < -0.39 is 5.54 Å². The number of amides is 1. The van der Waals surface area contributed by atoms with E-state index in [2.05, 4.69) is 80.6 Å². The molecule has 0 fully saturated rings. The number of tetrazole rings is 1. The molecule has 1 aliphatic rings. The monoisotopic (exact) mass is 681 g/mol. The lowest BCUT2D eigenvalue weighted by atomic mass is 9.77. The first-order valence-electron chi connectivity index (χ1n) is 17.9. The Kier molecular flexibility index (Phi) is 8.95. The molecule has 0 saturated heterocycles. The summed E-state index contributed by atoms with van der Waals surface area (Å²) in [5, 5.41) is 14.6. The van der Waals surface area contributed by atoms with Crippen LogP contribution in [0.25, 0.3) is 22.5 Å². The quantitative estimate of drug-likeness (QED) is 0.135. The largest absolute Gasteiger partial charge is 0.292 e. The van der Waals surface area contributed by atoms with Gasteiger partial charge in [-0.3, -0.25) is 9.69 Å². The number of carbonyl (C=O) groups is 1. The summed E-state index contributed by atoms with van der Waals surface area (Å²) in [6.07, 6.45) is 2.70. The van der Waals surface area contributed by atoms with Crippen LogP contribution in [0, 0.1) is 0 Å². The molecule has 8 nitrogen and oxygen atoms in total. The van der Waals surface area contributed by atoms with Crippen LogP contribution in [0.1, 0.15) is 59.6 Å². The van der Waals surface area contributed by atoms with Gasteiger partial charge in [0.05, 0.1) is 6.54 Å². The average Bonchev–Trinajstić information content (AvgIpc) is 3.71. The molecule has 0 N–H and O–H groups in total. The van der Waals surface area contributed by atoms with Gasteiger partial charge in [-0.2, -0.15) is 0 Å². The van der Waals surface area contributed by atoms with Gasteiger partial charge in [-0.1, -0.05) is 153 Å². The molecule has 0 spiro atoms. The van der Waals surface area contributed by atoms with E-state index in [0.29, 0.717) is 25.2 Å². The van der Waals surface area contributed by atoms with Gasteiger partial charge in [0.25, 0.3) is 0 Å². The van der Waals surface area contributed by atoms with Gasteiger partial charge in [-0.25, -0.2) is 9.97 Å². The van der Waals surface area contributed by atoms with Gasteiger partial charge in [0.15, 0.2) is 5.54 Å². The van der Waals surface area contributed by atoms with Crippen LogP contribution in [0.4, 0.5) is 5.82 Å². The van der Waals surface area contributed by atoms with Gasteiger partial charge in [0.1, 0.15) is 11.6 Å². The minimum atomic E-state index is -0.864. The fraction of sp³-hybridized carbons (Fsp3) is 0.182. The highest BCUT2D eigenvalue weighted by Crippen LogP contribution is 2.40. The SMILES string of the molecule is CCc1nc(CC)c2c(n1)N(Cc1ccc(-c3ccccc3-c3nnn(C(c4ccccc4)(c4ccccc4)c4ccccc4)n3)cc1)C(=O)CC2. The fourth-order valence-electron chi connectivity index (χ4n) is 7.40. The van der Waals surface area contributed by atoms with Gasteiger partial charge in [-0.15, -0.1) is 15.0 Å². The van der Waals surface area contributed by atoms with E-state index in [-0.39, 0.29) is 5.91 Å². The maximum atomic E-state index is 13.2. The summed E-state index contributed by atoms with van der Waals surface area (Å²) in [6, 6.07) is 47.6. The van der Waals surface area contributed by atoms with Crippen LogP contribution in [-0.2, 0) is 36.1 Å². The number of anilines is 1. The first-order chi connectivity index (χ1) is 25.6. The summed E-state index contributed by atoms with van der Waals surface area (Å²) in [5.41, 5.74) is 8.27. The zero-order chi connectivity index (χ0) is 35.5. The molecule has 5 aromatic carbocycles. The first-order valence-corrected chi connectivity index (χ1v) is 17.9. The molecule has 0 aliphatic carbocycles. The van der Waals surface area contributed by atoms with Crippen LogP contribution < -0.4 is 4.90 Å². The van der Waals surface area contributed by atoms with Gasteiger partial charge < -0.3 is 0 Å². The number of aromatic nitrogens is 6. The number of aryl methyl sites for hydroxylation is 2. The van der Waals surface area contributed by atoms with Crippen LogP contribution in [0.15, 0.2) is 140 Å². The van der Waals surface area contributed by atoms with E-state index in [4.69, 9.17) is 25.4 Å². The third-order valence-electron chi connectivity index (χ3n) is 9.98. The average molecular weight is 682 g/mol. The Hall–Kier alpha value is -6.28. The number of hydrogen-bond donors (Lipinski definition) is 0. The highest BCUT2D eigenvalue weighted by Gasteiger charge is 2.41. The molecule has 0 unspecified atom stereocenters. The number of hydrogen-bond acceptors (Lipinski definition) is 6. The van der Waals surface area contributed by atoms with Crippen molar-refractivity contribution in [2.75, 3.05) is 4.90 Å². The maximum absolute atomic E-state index is 13.2. The Bertz CT molecular complexity index is 2220. The molecule has 8 heteroatoms. The van der Waals surface area contributed by atoms with Crippen molar-refractivity contribution in [3.05, 3.63) is 179 Å². The Balaban J connectivity index is 1.16. The van der Waals surface area contributed by atoms with E-state index in [9.17, 15) is 4.79 Å². The molecule has 1 aliphatic heterocycles. The number of nitrogens with zero attached hydrogens (tertiary/aromatic N) is 7. The molecule has 256 valence electrons. The molecule has 2 aromatic heterocycles. The second kappa shape index (κ2) is 14.2. The molecule has 0 saturated carbocycles. The predicted molar refractivity (Wildman–Crippen MR) is 204 cm³/mol. The molecule has 7 aromatic rings. The number of carbonyl (C=O) groups excluding carboxylic acids is 1. The van der Waals surface area contributed by atoms with Crippen molar-refractivity contribution in [3.63, 3.8) is 0 Å². The van der Waals surface area contributed by atoms with Crippen LogP contribution in [0.3, 0.4) is 0 Å². The van der Waals surface area contributed by atoms with Crippen LogP contribution in [0.2, 0.25) is 0 Å². The minimum absolute atomic E-state index is 0.0940. The Morgan fingerprint density at radius 1 is 0.635 bits per heavy atom. The lowest BCUT2D eigenvalue weighted by Gasteiger charge is -2.34. The van der Waals surface area contributed by atoms with Gasteiger partial charge in [-0.05, 0) is 51.4 Å². The molecule has 0 radical (unpaired) electrons. The molecule has 8 rings (SSSR count). The highest BCUT2D eigenvalue weighted by atomic mass is 16.2. The molecular weight excluding hydrogens is 643 g/mol. The van der Waals surface area contributed by atoms with E-state index in [0.717, 1.165) is 74.7 Å².